The smallest absolute Gasteiger partial charge is 0.0589 e. The first-order valence-corrected chi connectivity index (χ1v) is 4.67. The standard InChI is InChI=1S/C9H21NO2.Y/c1-3-10(7-9-12-2)6-4-5-8-11;/h11H,3-9H2,1-2H3;. The van der Waals surface area contributed by atoms with E-state index in [1.807, 2.05) is 0 Å². The summed E-state index contributed by atoms with van der Waals surface area (Å²) >= 11 is 0. The number of likely N-dealkylation sites (N-methyl/N-ethyl adjacent to an activating group) is 1. The summed E-state index contributed by atoms with van der Waals surface area (Å²) in [6, 6.07) is 0. The van der Waals surface area contributed by atoms with Crippen molar-refractivity contribution in [1.82, 2.24) is 4.90 Å². The maximum absolute atomic E-state index is 8.58. The second-order valence-electron chi connectivity index (χ2n) is 2.86. The molecule has 77 valence electrons. The minimum atomic E-state index is 0. The van der Waals surface area contributed by atoms with E-state index in [0.29, 0.717) is 6.61 Å². The van der Waals surface area contributed by atoms with Gasteiger partial charge in [0.15, 0.2) is 0 Å². The van der Waals surface area contributed by atoms with Crippen LogP contribution in [0.15, 0.2) is 0 Å². The van der Waals surface area contributed by atoms with E-state index in [1.165, 1.54) is 0 Å². The van der Waals surface area contributed by atoms with E-state index in [4.69, 9.17) is 9.84 Å². The topological polar surface area (TPSA) is 32.7 Å². The Morgan fingerprint density at radius 1 is 1.23 bits per heavy atom. The third-order valence-electron chi connectivity index (χ3n) is 1.94. The largest absolute Gasteiger partial charge is 0.396 e. The maximum Gasteiger partial charge on any atom is 0.0589 e. The maximum atomic E-state index is 8.58. The quantitative estimate of drug-likeness (QED) is 0.656. The summed E-state index contributed by atoms with van der Waals surface area (Å²) in [7, 11) is 1.72. The predicted octanol–water partition coefficient (Wildman–Crippen LogP) is 0.725. The number of ether oxygens (including phenoxy) is 1. The van der Waals surface area contributed by atoms with Gasteiger partial charge in [0.2, 0.25) is 0 Å². The van der Waals surface area contributed by atoms with Crippen molar-refractivity contribution in [3.8, 4) is 0 Å². The van der Waals surface area contributed by atoms with Crippen molar-refractivity contribution in [3.05, 3.63) is 0 Å². The van der Waals surface area contributed by atoms with E-state index >= 15 is 0 Å². The van der Waals surface area contributed by atoms with Gasteiger partial charge in [-0.2, -0.15) is 0 Å². The van der Waals surface area contributed by atoms with Crippen molar-refractivity contribution >= 4 is 0 Å². The summed E-state index contributed by atoms with van der Waals surface area (Å²) < 4.78 is 4.99. The van der Waals surface area contributed by atoms with Gasteiger partial charge in [-0.15, -0.1) is 0 Å². The van der Waals surface area contributed by atoms with Gasteiger partial charge in [0.25, 0.3) is 0 Å². The Kier molecular flexibility index (Phi) is 16.4. The van der Waals surface area contributed by atoms with E-state index < -0.39 is 0 Å². The van der Waals surface area contributed by atoms with Gasteiger partial charge in [0.05, 0.1) is 6.61 Å². The average Bonchev–Trinajstić information content (AvgIpc) is 2.11. The molecular weight excluding hydrogens is 243 g/mol. The van der Waals surface area contributed by atoms with Crippen molar-refractivity contribution in [1.29, 1.82) is 0 Å². The molecule has 1 N–H and O–H groups in total. The van der Waals surface area contributed by atoms with Crippen LogP contribution in [-0.4, -0.2) is 50.0 Å². The fourth-order valence-corrected chi connectivity index (χ4v) is 1.10. The van der Waals surface area contributed by atoms with Crippen LogP contribution in [0.25, 0.3) is 0 Å². The van der Waals surface area contributed by atoms with Gasteiger partial charge in [0, 0.05) is 53.0 Å². The van der Waals surface area contributed by atoms with Crippen LogP contribution in [0.3, 0.4) is 0 Å². The Labute approximate surface area is 107 Å². The second kappa shape index (κ2) is 13.0. The summed E-state index contributed by atoms with van der Waals surface area (Å²) in [6.07, 6.45) is 1.98. The molecule has 0 bridgehead atoms. The van der Waals surface area contributed by atoms with Gasteiger partial charge < -0.3 is 14.7 Å². The number of nitrogens with zero attached hydrogens (tertiary/aromatic N) is 1. The molecule has 0 aromatic heterocycles. The Balaban J connectivity index is 0. The first kappa shape index (κ1) is 16.4. The van der Waals surface area contributed by atoms with Gasteiger partial charge in [-0.1, -0.05) is 6.92 Å². The molecule has 0 saturated heterocycles. The minimum Gasteiger partial charge on any atom is -0.396 e. The number of aliphatic hydroxyl groups excluding tert-OH is 1. The molecule has 0 amide bonds. The number of unbranched alkanes of at least 4 members (excludes halogenated alkanes) is 1. The van der Waals surface area contributed by atoms with E-state index in [1.54, 1.807) is 7.11 Å². The van der Waals surface area contributed by atoms with Crippen LogP contribution in [0.5, 0.6) is 0 Å². The molecule has 0 aliphatic carbocycles. The van der Waals surface area contributed by atoms with Crippen LogP contribution >= 0.6 is 0 Å². The second-order valence-corrected chi connectivity index (χ2v) is 2.86. The van der Waals surface area contributed by atoms with E-state index in [2.05, 4.69) is 11.8 Å². The van der Waals surface area contributed by atoms with Crippen molar-refractivity contribution in [3.63, 3.8) is 0 Å². The molecule has 0 atom stereocenters. The third kappa shape index (κ3) is 10.9. The van der Waals surface area contributed by atoms with Gasteiger partial charge >= 0.3 is 0 Å². The Morgan fingerprint density at radius 3 is 2.38 bits per heavy atom. The van der Waals surface area contributed by atoms with Crippen LogP contribution in [0.1, 0.15) is 19.8 Å². The molecule has 13 heavy (non-hydrogen) atoms. The number of rotatable bonds is 8. The average molecular weight is 264 g/mol. The molecule has 0 aliphatic rings. The molecular formula is C9H21NO2Y. The Morgan fingerprint density at radius 2 is 1.92 bits per heavy atom. The Bertz CT molecular complexity index is 93.7. The molecule has 0 rings (SSSR count). The molecule has 0 aliphatic heterocycles. The van der Waals surface area contributed by atoms with Crippen LogP contribution in [0.4, 0.5) is 0 Å². The van der Waals surface area contributed by atoms with Crippen molar-refractivity contribution < 1.29 is 42.6 Å². The van der Waals surface area contributed by atoms with Gasteiger partial charge in [0.1, 0.15) is 0 Å². The van der Waals surface area contributed by atoms with Gasteiger partial charge in [-0.3, -0.25) is 0 Å². The molecule has 1 radical (unpaired) electrons. The Hall–Kier alpha value is 0.984. The first-order chi connectivity index (χ1) is 5.85. The first-order valence-electron chi connectivity index (χ1n) is 4.67. The monoisotopic (exact) mass is 264 g/mol. The zero-order chi connectivity index (χ0) is 9.23. The van der Waals surface area contributed by atoms with Gasteiger partial charge in [-0.05, 0) is 25.9 Å². The molecule has 0 heterocycles. The van der Waals surface area contributed by atoms with Crippen LogP contribution in [0, 0.1) is 0 Å². The summed E-state index contributed by atoms with van der Waals surface area (Å²) in [5.74, 6) is 0. The SMILES string of the molecule is CCN(CCCCO)CCOC.[Y]. The number of hydrogen-bond acceptors (Lipinski definition) is 3. The normalized spacial score (nSPS) is 10.2. The summed E-state index contributed by atoms with van der Waals surface area (Å²) in [4.78, 5) is 2.33. The van der Waals surface area contributed by atoms with E-state index in [-0.39, 0.29) is 32.7 Å². The van der Waals surface area contributed by atoms with Crippen LogP contribution < -0.4 is 0 Å². The fraction of sp³-hybridized carbons (Fsp3) is 1.00. The number of methoxy groups -OCH3 is 1. The molecule has 0 spiro atoms. The number of hydrogen-bond donors (Lipinski definition) is 1. The van der Waals surface area contributed by atoms with Crippen LogP contribution in [0.2, 0.25) is 0 Å². The summed E-state index contributed by atoms with van der Waals surface area (Å²) in [6.45, 7) is 6.39. The fourth-order valence-electron chi connectivity index (χ4n) is 1.10. The molecule has 0 unspecified atom stereocenters. The molecule has 4 heteroatoms. The van der Waals surface area contributed by atoms with Crippen molar-refractivity contribution in [2.45, 2.75) is 19.8 Å². The zero-order valence-corrected chi connectivity index (χ0v) is 11.7. The molecule has 0 aromatic carbocycles. The third-order valence-corrected chi connectivity index (χ3v) is 1.94. The van der Waals surface area contributed by atoms with Gasteiger partial charge in [-0.25, -0.2) is 0 Å². The van der Waals surface area contributed by atoms with Crippen LogP contribution in [-0.2, 0) is 37.4 Å². The predicted molar refractivity (Wildman–Crippen MR) is 50.3 cm³/mol. The van der Waals surface area contributed by atoms with E-state index in [0.717, 1.165) is 39.1 Å². The minimum absolute atomic E-state index is 0. The summed E-state index contributed by atoms with van der Waals surface area (Å²) in [5.41, 5.74) is 0. The van der Waals surface area contributed by atoms with E-state index in [9.17, 15) is 0 Å². The zero-order valence-electron chi connectivity index (χ0n) is 8.83. The van der Waals surface area contributed by atoms with Crippen molar-refractivity contribution in [2.75, 3.05) is 40.0 Å². The number of aliphatic hydroxyl groups is 1. The van der Waals surface area contributed by atoms with Crippen molar-refractivity contribution in [2.24, 2.45) is 0 Å². The molecule has 0 saturated carbocycles. The summed E-state index contributed by atoms with van der Waals surface area (Å²) in [5, 5.41) is 8.58. The molecule has 0 aromatic rings. The molecule has 3 nitrogen and oxygen atoms in total. The molecule has 0 fully saturated rings.